The van der Waals surface area contributed by atoms with Crippen molar-refractivity contribution in [3.63, 3.8) is 0 Å². The summed E-state index contributed by atoms with van der Waals surface area (Å²) in [4.78, 5) is 6.93. The van der Waals surface area contributed by atoms with Gasteiger partial charge in [-0.2, -0.15) is 16.3 Å². The van der Waals surface area contributed by atoms with Gasteiger partial charge in [0.2, 0.25) is 0 Å². The van der Waals surface area contributed by atoms with Crippen molar-refractivity contribution in [2.75, 3.05) is 0 Å². The lowest BCUT2D eigenvalue weighted by molar-refractivity contribution is 0.425. The molecule has 0 N–H and O–H groups in total. The Balaban J connectivity index is 1.26. The van der Waals surface area contributed by atoms with Gasteiger partial charge in [-0.15, -0.1) is 21.5 Å². The lowest BCUT2D eigenvalue weighted by Crippen LogP contribution is -2.07. The van der Waals surface area contributed by atoms with Gasteiger partial charge < -0.3 is 8.94 Å². The summed E-state index contributed by atoms with van der Waals surface area (Å²) in [5, 5.41) is 16.9. The fourth-order valence-corrected chi connectivity index (χ4v) is 5.49. The molecule has 0 aliphatic heterocycles. The molecular formula is C18H16N4O2S3. The zero-order chi connectivity index (χ0) is 18.2. The number of aryl methyl sites for hydroxylation is 1. The number of hydrogen-bond acceptors (Lipinski definition) is 9. The van der Waals surface area contributed by atoms with E-state index in [1.807, 2.05) is 16.8 Å². The van der Waals surface area contributed by atoms with Crippen molar-refractivity contribution in [1.29, 1.82) is 0 Å². The van der Waals surface area contributed by atoms with Gasteiger partial charge in [0.15, 0.2) is 5.82 Å². The minimum Gasteiger partial charge on any atom is -0.410 e. The molecule has 1 unspecified atom stereocenters. The molecule has 1 aliphatic carbocycles. The highest BCUT2D eigenvalue weighted by Crippen LogP contribution is 2.37. The Hall–Kier alpha value is -1.97. The second-order valence-electron chi connectivity index (χ2n) is 6.60. The van der Waals surface area contributed by atoms with E-state index in [4.69, 9.17) is 8.94 Å². The van der Waals surface area contributed by atoms with Crippen LogP contribution in [0.3, 0.4) is 0 Å². The van der Waals surface area contributed by atoms with E-state index in [1.165, 1.54) is 28.6 Å². The normalized spacial score (nSPS) is 16.6. The van der Waals surface area contributed by atoms with Crippen LogP contribution in [-0.4, -0.2) is 20.3 Å². The van der Waals surface area contributed by atoms with Crippen LogP contribution in [0.1, 0.15) is 29.6 Å². The first kappa shape index (κ1) is 17.2. The molecule has 5 rings (SSSR count). The van der Waals surface area contributed by atoms with Gasteiger partial charge in [-0.25, -0.2) is 0 Å². The van der Waals surface area contributed by atoms with E-state index in [-0.39, 0.29) is 0 Å². The summed E-state index contributed by atoms with van der Waals surface area (Å²) in [6.45, 7) is 2.31. The smallest absolute Gasteiger partial charge is 0.277 e. The zero-order valence-corrected chi connectivity index (χ0v) is 17.0. The van der Waals surface area contributed by atoms with Gasteiger partial charge in [0.25, 0.3) is 17.0 Å². The number of rotatable bonds is 5. The van der Waals surface area contributed by atoms with E-state index >= 15 is 0 Å². The predicted molar refractivity (Wildman–Crippen MR) is 106 cm³/mol. The van der Waals surface area contributed by atoms with Crippen molar-refractivity contribution in [3.05, 3.63) is 39.2 Å². The molecule has 0 spiro atoms. The van der Waals surface area contributed by atoms with Crippen LogP contribution in [0.4, 0.5) is 0 Å². The van der Waals surface area contributed by atoms with Crippen LogP contribution in [0.5, 0.6) is 0 Å². The Morgan fingerprint density at radius 2 is 2.26 bits per heavy atom. The fourth-order valence-electron chi connectivity index (χ4n) is 3.12. The van der Waals surface area contributed by atoms with Crippen molar-refractivity contribution in [1.82, 2.24) is 20.3 Å². The number of hydrogen-bond donors (Lipinski definition) is 0. The third kappa shape index (κ3) is 3.59. The topological polar surface area (TPSA) is 77.8 Å². The van der Waals surface area contributed by atoms with Crippen molar-refractivity contribution in [2.24, 2.45) is 5.92 Å². The average Bonchev–Trinajstić information content (AvgIpc) is 3.45. The molecule has 138 valence electrons. The molecular weight excluding hydrogens is 400 g/mol. The van der Waals surface area contributed by atoms with Crippen LogP contribution < -0.4 is 0 Å². The van der Waals surface area contributed by atoms with Gasteiger partial charge in [-0.1, -0.05) is 23.8 Å². The van der Waals surface area contributed by atoms with E-state index < -0.39 is 0 Å². The van der Waals surface area contributed by atoms with Crippen LogP contribution in [0, 0.1) is 5.92 Å². The molecule has 27 heavy (non-hydrogen) atoms. The Morgan fingerprint density at radius 3 is 3.15 bits per heavy atom. The van der Waals surface area contributed by atoms with Crippen LogP contribution in [-0.2, 0) is 18.6 Å². The standard InChI is InChI=1S/C18H16N4O2S3/c1-10-2-3-13-12(6-10)7-14(27-13)17-20-21-18(23-17)26-9-15-19-16(24-22-15)11-4-5-25-8-11/h4-5,7-8,10H,2-3,6,9H2,1H3. The molecule has 0 fully saturated rings. The van der Waals surface area contributed by atoms with Crippen LogP contribution >= 0.6 is 34.4 Å². The summed E-state index contributed by atoms with van der Waals surface area (Å²) in [6, 6.07) is 4.17. The highest BCUT2D eigenvalue weighted by molar-refractivity contribution is 7.98. The predicted octanol–water partition coefficient (Wildman–Crippen LogP) is 5.33. The largest absolute Gasteiger partial charge is 0.410 e. The minimum atomic E-state index is 0.520. The molecule has 4 aromatic rings. The second-order valence-corrected chi connectivity index (χ2v) is 9.44. The maximum atomic E-state index is 5.84. The number of aromatic nitrogens is 4. The molecule has 1 aliphatic rings. The summed E-state index contributed by atoms with van der Waals surface area (Å²) >= 11 is 4.79. The van der Waals surface area contributed by atoms with Crippen LogP contribution in [0.2, 0.25) is 0 Å². The zero-order valence-electron chi connectivity index (χ0n) is 14.5. The van der Waals surface area contributed by atoms with Gasteiger partial charge >= 0.3 is 0 Å². The number of thioether (sulfide) groups is 1. The summed E-state index contributed by atoms with van der Waals surface area (Å²) in [7, 11) is 0. The lowest BCUT2D eigenvalue weighted by Gasteiger charge is -2.16. The first-order valence-corrected chi connectivity index (χ1v) is 11.4. The Kier molecular flexibility index (Phi) is 4.58. The molecule has 0 amide bonds. The number of thiophene rings is 2. The third-order valence-electron chi connectivity index (χ3n) is 4.51. The lowest BCUT2D eigenvalue weighted by atomic mass is 9.90. The SMILES string of the molecule is CC1CCc2sc(-c3nnc(SCc4noc(-c5ccsc5)n4)o3)cc2C1. The second kappa shape index (κ2) is 7.21. The molecule has 4 aromatic heterocycles. The van der Waals surface area contributed by atoms with E-state index in [1.54, 1.807) is 22.7 Å². The van der Waals surface area contributed by atoms with Crippen molar-refractivity contribution < 1.29 is 8.94 Å². The van der Waals surface area contributed by atoms with Gasteiger partial charge in [-0.05, 0) is 48.3 Å². The molecule has 0 bridgehead atoms. The van der Waals surface area contributed by atoms with Gasteiger partial charge in [0, 0.05) is 10.3 Å². The molecule has 6 nitrogen and oxygen atoms in total. The van der Waals surface area contributed by atoms with Gasteiger partial charge in [0.1, 0.15) is 0 Å². The van der Waals surface area contributed by atoms with Gasteiger partial charge in [-0.3, -0.25) is 0 Å². The van der Waals surface area contributed by atoms with E-state index in [9.17, 15) is 0 Å². The average molecular weight is 417 g/mol. The summed E-state index contributed by atoms with van der Waals surface area (Å²) in [6.07, 6.45) is 3.56. The molecule has 0 saturated carbocycles. The van der Waals surface area contributed by atoms with Crippen molar-refractivity contribution >= 4 is 34.4 Å². The Labute approximate surface area is 168 Å². The molecule has 4 heterocycles. The molecule has 1 atom stereocenters. The molecule has 0 aromatic carbocycles. The number of nitrogens with zero attached hydrogens (tertiary/aromatic N) is 4. The maximum Gasteiger partial charge on any atom is 0.277 e. The highest BCUT2D eigenvalue weighted by atomic mass is 32.2. The first-order valence-electron chi connectivity index (χ1n) is 8.68. The minimum absolute atomic E-state index is 0.520. The molecule has 0 radical (unpaired) electrons. The first-order chi connectivity index (χ1) is 13.2. The summed E-state index contributed by atoms with van der Waals surface area (Å²) < 4.78 is 11.1. The Bertz CT molecular complexity index is 1050. The maximum absolute atomic E-state index is 5.84. The van der Waals surface area contributed by atoms with Crippen LogP contribution in [0.25, 0.3) is 22.2 Å². The fraction of sp³-hybridized carbons (Fsp3) is 0.333. The third-order valence-corrected chi connectivity index (χ3v) is 7.23. The summed E-state index contributed by atoms with van der Waals surface area (Å²) in [5.41, 5.74) is 2.38. The number of fused-ring (bicyclic) bond motifs is 1. The van der Waals surface area contributed by atoms with E-state index in [0.717, 1.165) is 29.2 Å². The summed E-state index contributed by atoms with van der Waals surface area (Å²) in [5.74, 6) is 3.02. The van der Waals surface area contributed by atoms with E-state index in [0.29, 0.717) is 28.6 Å². The molecule has 0 saturated heterocycles. The highest BCUT2D eigenvalue weighted by Gasteiger charge is 2.21. The quantitative estimate of drug-likeness (QED) is 0.407. The monoisotopic (exact) mass is 416 g/mol. The Morgan fingerprint density at radius 1 is 1.30 bits per heavy atom. The van der Waals surface area contributed by atoms with Crippen molar-refractivity contribution in [3.8, 4) is 22.2 Å². The van der Waals surface area contributed by atoms with Gasteiger partial charge in [0.05, 0.1) is 16.2 Å². The van der Waals surface area contributed by atoms with E-state index in [2.05, 4.69) is 33.3 Å². The van der Waals surface area contributed by atoms with Crippen molar-refractivity contribution in [2.45, 2.75) is 37.2 Å². The molecule has 9 heteroatoms. The van der Waals surface area contributed by atoms with Crippen LogP contribution in [0.15, 0.2) is 37.1 Å².